The molecule has 1 heterocycles. The van der Waals surface area contributed by atoms with Crippen LogP contribution in [-0.2, 0) is 4.79 Å². The lowest BCUT2D eigenvalue weighted by atomic mass is 10.0. The molecule has 0 saturated carbocycles. The van der Waals surface area contributed by atoms with E-state index in [1.54, 1.807) is 30.3 Å². The maximum absolute atomic E-state index is 12.5. The molecule has 0 spiro atoms. The molecule has 2 rings (SSSR count). The van der Waals surface area contributed by atoms with Crippen molar-refractivity contribution in [1.29, 1.82) is 0 Å². The average molecular weight is 384 g/mol. The fourth-order valence-electron chi connectivity index (χ4n) is 2.19. The summed E-state index contributed by atoms with van der Waals surface area (Å²) in [6.45, 7) is 3.75. The number of benzene rings is 1. The number of rotatable bonds is 6. The highest BCUT2D eigenvalue weighted by Crippen LogP contribution is 2.24. The maximum Gasteiger partial charge on any atom is 0.262 e. The highest BCUT2D eigenvalue weighted by molar-refractivity contribution is 7.12. The predicted octanol–water partition coefficient (Wildman–Crippen LogP) is 3.15. The van der Waals surface area contributed by atoms with Crippen LogP contribution < -0.4 is 21.1 Å². The van der Waals surface area contributed by atoms with Gasteiger partial charge in [0.05, 0.1) is 17.7 Å². The third-order valence-corrected chi connectivity index (χ3v) is 4.35. The lowest BCUT2D eigenvalue weighted by molar-refractivity contribution is -0.118. The molecular formula is C17H22ClN3O3S. The van der Waals surface area contributed by atoms with E-state index < -0.39 is 6.04 Å². The van der Waals surface area contributed by atoms with Gasteiger partial charge in [-0.2, -0.15) is 0 Å². The van der Waals surface area contributed by atoms with Crippen LogP contribution in [0.25, 0.3) is 0 Å². The third kappa shape index (κ3) is 5.37. The second-order valence-electron chi connectivity index (χ2n) is 5.62. The lowest BCUT2D eigenvalue weighted by Gasteiger charge is -2.21. The number of ether oxygens (including phenoxy) is 1. The fraction of sp³-hybridized carbons (Fsp3) is 0.294. The van der Waals surface area contributed by atoms with Crippen LogP contribution in [0.2, 0.25) is 0 Å². The molecule has 1 atom stereocenters. The number of nitrogen functional groups attached to an aromatic ring is 1. The van der Waals surface area contributed by atoms with Gasteiger partial charge in [0.2, 0.25) is 5.91 Å². The van der Waals surface area contributed by atoms with Crippen molar-refractivity contribution in [2.75, 3.05) is 18.2 Å². The summed E-state index contributed by atoms with van der Waals surface area (Å²) >= 11 is 1.33. The van der Waals surface area contributed by atoms with Crippen LogP contribution in [0.1, 0.15) is 23.5 Å². The first-order valence-corrected chi connectivity index (χ1v) is 8.39. The number of methoxy groups -OCH3 is 1. The number of carbonyl (C=O) groups excluding carboxylic acids is 2. The Hall–Kier alpha value is -2.25. The van der Waals surface area contributed by atoms with Crippen LogP contribution in [0.15, 0.2) is 35.7 Å². The molecule has 0 bridgehead atoms. The molecule has 25 heavy (non-hydrogen) atoms. The molecule has 0 radical (unpaired) electrons. The Kier molecular flexibility index (Phi) is 7.73. The highest BCUT2D eigenvalue weighted by Gasteiger charge is 2.25. The number of thiophene rings is 1. The molecule has 1 aromatic carbocycles. The van der Waals surface area contributed by atoms with Crippen LogP contribution in [-0.4, -0.2) is 25.0 Å². The minimum Gasteiger partial charge on any atom is -0.495 e. The molecule has 0 aliphatic heterocycles. The van der Waals surface area contributed by atoms with Crippen molar-refractivity contribution in [3.05, 3.63) is 40.6 Å². The van der Waals surface area contributed by atoms with E-state index in [9.17, 15) is 9.59 Å². The molecule has 2 aromatic rings. The van der Waals surface area contributed by atoms with Gasteiger partial charge in [-0.05, 0) is 35.6 Å². The second kappa shape index (κ2) is 9.29. The number of hydrogen-bond donors (Lipinski definition) is 3. The van der Waals surface area contributed by atoms with Crippen molar-refractivity contribution in [2.45, 2.75) is 19.9 Å². The number of halogens is 1. The van der Waals surface area contributed by atoms with Gasteiger partial charge >= 0.3 is 0 Å². The van der Waals surface area contributed by atoms with Gasteiger partial charge in [-0.15, -0.1) is 23.7 Å². The number of amides is 2. The van der Waals surface area contributed by atoms with E-state index in [-0.39, 0.29) is 30.1 Å². The maximum atomic E-state index is 12.5. The summed E-state index contributed by atoms with van der Waals surface area (Å²) in [7, 11) is 1.53. The van der Waals surface area contributed by atoms with Crippen molar-refractivity contribution < 1.29 is 14.3 Å². The average Bonchev–Trinajstić information content (AvgIpc) is 3.06. The fourth-order valence-corrected chi connectivity index (χ4v) is 2.81. The van der Waals surface area contributed by atoms with Gasteiger partial charge in [-0.1, -0.05) is 19.9 Å². The van der Waals surface area contributed by atoms with Crippen LogP contribution in [0, 0.1) is 5.92 Å². The Morgan fingerprint density at radius 1 is 1.24 bits per heavy atom. The van der Waals surface area contributed by atoms with E-state index in [0.717, 1.165) is 0 Å². The van der Waals surface area contributed by atoms with Crippen molar-refractivity contribution >= 4 is 46.9 Å². The lowest BCUT2D eigenvalue weighted by Crippen LogP contribution is -2.46. The molecule has 1 aromatic heterocycles. The molecule has 8 heteroatoms. The van der Waals surface area contributed by atoms with Gasteiger partial charge in [-0.25, -0.2) is 0 Å². The van der Waals surface area contributed by atoms with Crippen LogP contribution in [0.3, 0.4) is 0 Å². The summed E-state index contributed by atoms with van der Waals surface area (Å²) in [6.07, 6.45) is 0. The molecule has 0 aliphatic rings. The summed E-state index contributed by atoms with van der Waals surface area (Å²) in [4.78, 5) is 25.3. The predicted molar refractivity (Wildman–Crippen MR) is 104 cm³/mol. The molecule has 2 amide bonds. The SMILES string of the molecule is COc1ccc(NC(=O)C(NC(=O)c2cccs2)C(C)C)cc1N.Cl. The molecule has 0 fully saturated rings. The zero-order valence-electron chi connectivity index (χ0n) is 14.2. The Morgan fingerprint density at radius 2 is 1.96 bits per heavy atom. The molecule has 4 N–H and O–H groups in total. The Labute approximate surface area is 157 Å². The third-order valence-electron chi connectivity index (χ3n) is 3.48. The number of nitrogens with one attached hydrogen (secondary N) is 2. The van der Waals surface area contributed by atoms with Crippen molar-refractivity contribution in [3.8, 4) is 5.75 Å². The van der Waals surface area contributed by atoms with E-state index >= 15 is 0 Å². The monoisotopic (exact) mass is 383 g/mol. The molecule has 136 valence electrons. The van der Waals surface area contributed by atoms with E-state index in [1.165, 1.54) is 18.4 Å². The topological polar surface area (TPSA) is 93.5 Å². The zero-order valence-corrected chi connectivity index (χ0v) is 15.9. The van der Waals surface area contributed by atoms with Gasteiger partial charge in [0, 0.05) is 5.69 Å². The largest absolute Gasteiger partial charge is 0.495 e. The first-order chi connectivity index (χ1) is 11.4. The summed E-state index contributed by atoms with van der Waals surface area (Å²) in [5.41, 5.74) is 6.82. The van der Waals surface area contributed by atoms with Gasteiger partial charge < -0.3 is 21.1 Å². The second-order valence-corrected chi connectivity index (χ2v) is 6.57. The van der Waals surface area contributed by atoms with Gasteiger partial charge in [0.1, 0.15) is 11.8 Å². The summed E-state index contributed by atoms with van der Waals surface area (Å²) in [5, 5.41) is 7.38. The Bertz CT molecular complexity index is 720. The standard InChI is InChI=1S/C17H21N3O3S.ClH/c1-10(2)15(20-16(21)14-5-4-8-24-14)17(22)19-11-6-7-13(23-3)12(18)9-11;/h4-10,15H,18H2,1-3H3,(H,19,22)(H,20,21);1H. The molecule has 0 aliphatic carbocycles. The summed E-state index contributed by atoms with van der Waals surface area (Å²) < 4.78 is 5.09. The first-order valence-electron chi connectivity index (χ1n) is 7.51. The zero-order chi connectivity index (χ0) is 17.7. The van der Waals surface area contributed by atoms with Gasteiger partial charge in [0.25, 0.3) is 5.91 Å². The highest BCUT2D eigenvalue weighted by atomic mass is 35.5. The number of hydrogen-bond acceptors (Lipinski definition) is 5. The van der Waals surface area contributed by atoms with E-state index in [2.05, 4.69) is 10.6 Å². The summed E-state index contributed by atoms with van der Waals surface area (Å²) in [5.74, 6) is -0.0727. The van der Waals surface area contributed by atoms with Crippen LogP contribution in [0.5, 0.6) is 5.75 Å². The van der Waals surface area contributed by atoms with Gasteiger partial charge in [-0.3, -0.25) is 9.59 Å². The Morgan fingerprint density at radius 3 is 2.48 bits per heavy atom. The number of nitrogens with two attached hydrogens (primary N) is 1. The van der Waals surface area contributed by atoms with Crippen molar-refractivity contribution in [3.63, 3.8) is 0 Å². The van der Waals surface area contributed by atoms with E-state index in [1.807, 2.05) is 19.2 Å². The first kappa shape index (κ1) is 20.8. The number of anilines is 2. The minimum absolute atomic E-state index is 0. The Balaban J connectivity index is 0.00000312. The quantitative estimate of drug-likeness (QED) is 0.668. The molecule has 6 nitrogen and oxygen atoms in total. The minimum atomic E-state index is -0.650. The van der Waals surface area contributed by atoms with Crippen LogP contribution >= 0.6 is 23.7 Å². The molecular weight excluding hydrogens is 362 g/mol. The summed E-state index contributed by atoms with van der Waals surface area (Å²) in [6, 6.07) is 7.87. The smallest absolute Gasteiger partial charge is 0.262 e. The molecule has 0 saturated heterocycles. The van der Waals surface area contributed by atoms with E-state index in [4.69, 9.17) is 10.5 Å². The normalized spacial score (nSPS) is 11.4. The van der Waals surface area contributed by atoms with Gasteiger partial charge in [0.15, 0.2) is 0 Å². The molecule has 1 unspecified atom stereocenters. The van der Waals surface area contributed by atoms with E-state index in [0.29, 0.717) is 22.0 Å². The van der Waals surface area contributed by atoms with Crippen LogP contribution in [0.4, 0.5) is 11.4 Å². The van der Waals surface area contributed by atoms with Crippen molar-refractivity contribution in [2.24, 2.45) is 5.92 Å². The number of carbonyl (C=O) groups is 2. The van der Waals surface area contributed by atoms with Crippen molar-refractivity contribution in [1.82, 2.24) is 5.32 Å².